The van der Waals surface area contributed by atoms with Crippen LogP contribution >= 0.6 is 0 Å². The van der Waals surface area contributed by atoms with Gasteiger partial charge in [0.05, 0.1) is 11.2 Å². The Morgan fingerprint density at radius 2 is 1.72 bits per heavy atom. The number of nitrogens with zero attached hydrogens (tertiary/aromatic N) is 1. The Morgan fingerprint density at radius 1 is 0.960 bits per heavy atom. The fourth-order valence-electron chi connectivity index (χ4n) is 3.25. The van der Waals surface area contributed by atoms with Gasteiger partial charge in [-0.15, -0.1) is 0 Å². The number of aromatic nitrogens is 1. The molecule has 3 aromatic rings. The van der Waals surface area contributed by atoms with Crippen molar-refractivity contribution in [3.05, 3.63) is 70.1 Å². The Balaban J connectivity index is 2.15. The number of fused-ring (bicyclic) bond motifs is 1. The monoisotopic (exact) mass is 337 g/mol. The van der Waals surface area contributed by atoms with Crippen molar-refractivity contribution in [3.8, 4) is 11.3 Å². The van der Waals surface area contributed by atoms with Crippen LogP contribution in [-0.4, -0.2) is 4.57 Å². The van der Waals surface area contributed by atoms with E-state index in [1.807, 2.05) is 19.1 Å². The minimum Gasteiger partial charge on any atom is -0.340 e. The van der Waals surface area contributed by atoms with Crippen molar-refractivity contribution in [2.75, 3.05) is 0 Å². The third-order valence-electron chi connectivity index (χ3n) is 4.66. The predicted molar refractivity (Wildman–Crippen MR) is 102 cm³/mol. The molecule has 0 unspecified atom stereocenters. The summed E-state index contributed by atoms with van der Waals surface area (Å²) in [5.74, 6) is -0.370. The lowest BCUT2D eigenvalue weighted by Crippen LogP contribution is -2.12. The average molecular weight is 337 g/mol. The molecular formula is C22H24FNO. The zero-order valence-electron chi connectivity index (χ0n) is 14.9. The zero-order chi connectivity index (χ0) is 17.8. The van der Waals surface area contributed by atoms with Gasteiger partial charge in [-0.05, 0) is 37.1 Å². The Hall–Kier alpha value is -2.42. The number of benzene rings is 2. The van der Waals surface area contributed by atoms with E-state index in [0.717, 1.165) is 36.2 Å². The molecule has 3 heteroatoms. The molecule has 0 atom stereocenters. The fraction of sp³-hybridized carbons (Fsp3) is 0.318. The molecule has 2 nitrogen and oxygen atoms in total. The summed E-state index contributed by atoms with van der Waals surface area (Å²) in [6.45, 7) is 5.06. The molecule has 2 aromatic carbocycles. The summed E-state index contributed by atoms with van der Waals surface area (Å²) < 4.78 is 15.8. The van der Waals surface area contributed by atoms with E-state index in [9.17, 15) is 9.18 Å². The lowest BCUT2D eigenvalue weighted by molar-refractivity contribution is 0.593. The molecule has 0 amide bonds. The molecule has 130 valence electrons. The van der Waals surface area contributed by atoms with Crippen molar-refractivity contribution in [2.45, 2.75) is 46.1 Å². The molecule has 0 aliphatic rings. The zero-order valence-corrected chi connectivity index (χ0v) is 14.9. The van der Waals surface area contributed by atoms with Gasteiger partial charge in [-0.3, -0.25) is 4.79 Å². The number of hydrogen-bond acceptors (Lipinski definition) is 1. The molecule has 0 fully saturated rings. The van der Waals surface area contributed by atoms with Crippen LogP contribution < -0.4 is 5.43 Å². The summed E-state index contributed by atoms with van der Waals surface area (Å²) in [7, 11) is 0. The molecule has 0 saturated carbocycles. The minimum atomic E-state index is -0.370. The topological polar surface area (TPSA) is 22.0 Å². The van der Waals surface area contributed by atoms with Crippen LogP contribution in [0.1, 0.15) is 38.2 Å². The van der Waals surface area contributed by atoms with Gasteiger partial charge in [0.2, 0.25) is 0 Å². The third-order valence-corrected chi connectivity index (χ3v) is 4.66. The second kappa shape index (κ2) is 7.64. The Labute approximate surface area is 147 Å². The van der Waals surface area contributed by atoms with E-state index >= 15 is 0 Å². The molecule has 25 heavy (non-hydrogen) atoms. The second-order valence-corrected chi connectivity index (χ2v) is 6.63. The minimum absolute atomic E-state index is 0.130. The molecule has 1 aromatic heterocycles. The van der Waals surface area contributed by atoms with Gasteiger partial charge in [0.1, 0.15) is 5.82 Å². The highest BCUT2D eigenvalue weighted by atomic mass is 19.1. The molecule has 0 bridgehead atoms. The lowest BCUT2D eigenvalue weighted by atomic mass is 10.1. The largest absolute Gasteiger partial charge is 0.340 e. The number of hydrogen-bond donors (Lipinski definition) is 0. The molecule has 0 saturated heterocycles. The third kappa shape index (κ3) is 3.81. The number of rotatable bonds is 6. The van der Waals surface area contributed by atoms with Crippen molar-refractivity contribution in [1.82, 2.24) is 4.57 Å². The van der Waals surface area contributed by atoms with Crippen LogP contribution in [0.2, 0.25) is 0 Å². The standard InChI is InChI=1S/C22H24FNO/c1-3-4-5-6-13-24-20-12-11-18(23)14-19(20)22(25)15-21(24)17-9-7-16(2)8-10-17/h7-12,14-15H,3-6,13H2,1-2H3. The maximum Gasteiger partial charge on any atom is 0.190 e. The van der Waals surface area contributed by atoms with Crippen LogP contribution in [0.25, 0.3) is 22.2 Å². The van der Waals surface area contributed by atoms with Gasteiger partial charge in [-0.25, -0.2) is 4.39 Å². The number of aryl methyl sites for hydroxylation is 2. The predicted octanol–water partition coefficient (Wildman–Crippen LogP) is 5.70. The number of halogens is 1. The van der Waals surface area contributed by atoms with Crippen molar-refractivity contribution in [2.24, 2.45) is 0 Å². The van der Waals surface area contributed by atoms with E-state index in [2.05, 4.69) is 23.6 Å². The number of pyridine rings is 1. The van der Waals surface area contributed by atoms with Crippen LogP contribution in [0.4, 0.5) is 4.39 Å². The molecule has 0 N–H and O–H groups in total. The molecule has 0 spiro atoms. The average Bonchev–Trinajstić information content (AvgIpc) is 2.61. The van der Waals surface area contributed by atoms with Gasteiger partial charge in [0.25, 0.3) is 0 Å². The Kier molecular flexibility index (Phi) is 5.32. The smallest absolute Gasteiger partial charge is 0.190 e. The highest BCUT2D eigenvalue weighted by molar-refractivity contribution is 5.82. The summed E-state index contributed by atoms with van der Waals surface area (Å²) in [6, 6.07) is 14.3. The Bertz CT molecular complexity index is 925. The van der Waals surface area contributed by atoms with E-state index in [0.29, 0.717) is 5.39 Å². The first-order valence-electron chi connectivity index (χ1n) is 9.00. The molecular weight excluding hydrogens is 313 g/mol. The summed E-state index contributed by atoms with van der Waals surface area (Å²) in [4.78, 5) is 12.5. The normalized spacial score (nSPS) is 11.2. The van der Waals surface area contributed by atoms with E-state index in [1.54, 1.807) is 12.1 Å². The highest BCUT2D eigenvalue weighted by Crippen LogP contribution is 2.24. The SMILES string of the molecule is CCCCCCn1c(-c2ccc(C)cc2)cc(=O)c2cc(F)ccc21. The van der Waals surface area contributed by atoms with Gasteiger partial charge in [0.15, 0.2) is 5.43 Å². The van der Waals surface area contributed by atoms with Crippen LogP contribution in [0.15, 0.2) is 53.3 Å². The fourth-order valence-corrected chi connectivity index (χ4v) is 3.25. The van der Waals surface area contributed by atoms with Crippen molar-refractivity contribution in [1.29, 1.82) is 0 Å². The van der Waals surface area contributed by atoms with Crippen LogP contribution in [0, 0.1) is 12.7 Å². The van der Waals surface area contributed by atoms with E-state index in [1.165, 1.54) is 30.5 Å². The van der Waals surface area contributed by atoms with Crippen LogP contribution in [0.3, 0.4) is 0 Å². The Morgan fingerprint density at radius 3 is 2.44 bits per heavy atom. The summed E-state index contributed by atoms with van der Waals surface area (Å²) in [5.41, 5.74) is 3.78. The second-order valence-electron chi connectivity index (χ2n) is 6.63. The molecule has 0 aliphatic carbocycles. The van der Waals surface area contributed by atoms with Crippen molar-refractivity contribution >= 4 is 10.9 Å². The lowest BCUT2D eigenvalue weighted by Gasteiger charge is -2.17. The van der Waals surface area contributed by atoms with Crippen molar-refractivity contribution in [3.63, 3.8) is 0 Å². The summed E-state index contributed by atoms with van der Waals surface area (Å²) >= 11 is 0. The molecule has 0 radical (unpaired) electrons. The summed E-state index contributed by atoms with van der Waals surface area (Å²) in [6.07, 6.45) is 4.58. The van der Waals surface area contributed by atoms with Crippen molar-refractivity contribution < 1.29 is 4.39 Å². The maximum absolute atomic E-state index is 13.6. The van der Waals surface area contributed by atoms with Gasteiger partial charge in [0, 0.05) is 18.0 Å². The molecule has 3 rings (SSSR count). The highest BCUT2D eigenvalue weighted by Gasteiger charge is 2.11. The van der Waals surface area contributed by atoms with Gasteiger partial charge < -0.3 is 4.57 Å². The quantitative estimate of drug-likeness (QED) is 0.529. The van der Waals surface area contributed by atoms with E-state index in [-0.39, 0.29) is 11.2 Å². The molecule has 1 heterocycles. The summed E-state index contributed by atoms with van der Waals surface area (Å²) in [5, 5.41) is 0.450. The van der Waals surface area contributed by atoms with Gasteiger partial charge in [-0.1, -0.05) is 56.0 Å². The maximum atomic E-state index is 13.6. The van der Waals surface area contributed by atoms with Gasteiger partial charge >= 0.3 is 0 Å². The first-order valence-corrected chi connectivity index (χ1v) is 9.00. The van der Waals surface area contributed by atoms with Crippen LogP contribution in [0.5, 0.6) is 0 Å². The number of unbranched alkanes of at least 4 members (excludes halogenated alkanes) is 3. The first-order chi connectivity index (χ1) is 12.1. The van der Waals surface area contributed by atoms with E-state index < -0.39 is 0 Å². The first kappa shape index (κ1) is 17.4. The van der Waals surface area contributed by atoms with Crippen LogP contribution in [-0.2, 0) is 6.54 Å². The van der Waals surface area contributed by atoms with Gasteiger partial charge in [-0.2, -0.15) is 0 Å². The molecule has 0 aliphatic heterocycles. The van der Waals surface area contributed by atoms with E-state index in [4.69, 9.17) is 0 Å².